The second-order valence-electron chi connectivity index (χ2n) is 3.98. The fraction of sp³-hybridized carbons (Fsp3) is 0.500. The van der Waals surface area contributed by atoms with E-state index in [0.29, 0.717) is 0 Å². The van der Waals surface area contributed by atoms with Crippen molar-refractivity contribution in [1.82, 2.24) is 0 Å². The highest BCUT2D eigenvalue weighted by atomic mass is 19.3. The summed E-state index contributed by atoms with van der Waals surface area (Å²) in [5, 5.41) is 8.69. The van der Waals surface area contributed by atoms with Crippen molar-refractivity contribution in [1.29, 1.82) is 0 Å². The Morgan fingerprint density at radius 1 is 1.38 bits per heavy atom. The first-order valence-electron chi connectivity index (χ1n) is 5.09. The highest BCUT2D eigenvalue weighted by molar-refractivity contribution is 5.41. The number of methoxy groups -OCH3 is 1. The monoisotopic (exact) mass is 230 g/mol. The van der Waals surface area contributed by atoms with Crippen LogP contribution in [0.5, 0.6) is 5.75 Å². The predicted molar refractivity (Wildman–Crippen MR) is 58.1 cm³/mol. The average molecular weight is 230 g/mol. The number of rotatable bonds is 4. The molecule has 0 heterocycles. The fourth-order valence-corrected chi connectivity index (χ4v) is 1.46. The van der Waals surface area contributed by atoms with Crippen LogP contribution >= 0.6 is 0 Å². The van der Waals surface area contributed by atoms with Gasteiger partial charge in [-0.25, -0.2) is 0 Å². The Morgan fingerprint density at radius 3 is 2.44 bits per heavy atom. The molecule has 0 fully saturated rings. The van der Waals surface area contributed by atoms with E-state index in [4.69, 9.17) is 9.84 Å². The maximum absolute atomic E-state index is 13.4. The quantitative estimate of drug-likeness (QED) is 0.861. The molecule has 0 saturated heterocycles. The van der Waals surface area contributed by atoms with Gasteiger partial charge in [-0.2, -0.15) is 8.78 Å². The summed E-state index contributed by atoms with van der Waals surface area (Å²) in [7, 11) is 1.33. The summed E-state index contributed by atoms with van der Waals surface area (Å²) >= 11 is 0. The number of hydrogen-bond acceptors (Lipinski definition) is 2. The third-order valence-electron chi connectivity index (χ3n) is 2.48. The molecule has 0 aliphatic rings. The van der Waals surface area contributed by atoms with Crippen LogP contribution in [0.15, 0.2) is 18.2 Å². The van der Waals surface area contributed by atoms with E-state index in [1.165, 1.54) is 19.2 Å². The lowest BCUT2D eigenvalue weighted by Gasteiger charge is -2.19. The number of hydrogen-bond donors (Lipinski definition) is 1. The van der Waals surface area contributed by atoms with E-state index in [1.807, 2.05) is 13.8 Å². The number of aliphatic hydroxyl groups excluding tert-OH is 1. The topological polar surface area (TPSA) is 29.5 Å². The highest BCUT2D eigenvalue weighted by Crippen LogP contribution is 2.36. The Bertz CT molecular complexity index is 362. The lowest BCUT2D eigenvalue weighted by Crippen LogP contribution is -2.19. The Kier molecular flexibility index (Phi) is 3.86. The van der Waals surface area contributed by atoms with Crippen LogP contribution in [-0.2, 0) is 5.92 Å². The van der Waals surface area contributed by atoms with Gasteiger partial charge in [0.1, 0.15) is 12.4 Å². The number of aliphatic hydroxyl groups is 1. The van der Waals surface area contributed by atoms with E-state index in [2.05, 4.69) is 0 Å². The van der Waals surface area contributed by atoms with E-state index in [-0.39, 0.29) is 17.2 Å². The summed E-state index contributed by atoms with van der Waals surface area (Å²) in [5.41, 5.74) is 0.535. The zero-order valence-electron chi connectivity index (χ0n) is 9.63. The summed E-state index contributed by atoms with van der Waals surface area (Å²) in [4.78, 5) is 0. The average Bonchev–Trinajstić information content (AvgIpc) is 2.28. The van der Waals surface area contributed by atoms with Crippen molar-refractivity contribution in [2.45, 2.75) is 25.7 Å². The summed E-state index contributed by atoms with van der Waals surface area (Å²) < 4.78 is 31.8. The minimum absolute atomic E-state index is 0.100. The molecule has 0 spiro atoms. The lowest BCUT2D eigenvalue weighted by molar-refractivity contribution is -0.0571. The van der Waals surface area contributed by atoms with Gasteiger partial charge in [0.25, 0.3) is 5.92 Å². The first kappa shape index (κ1) is 12.9. The third-order valence-corrected chi connectivity index (χ3v) is 2.48. The van der Waals surface area contributed by atoms with Crippen LogP contribution < -0.4 is 4.74 Å². The Labute approximate surface area is 93.9 Å². The molecule has 1 aromatic carbocycles. The van der Waals surface area contributed by atoms with Crippen LogP contribution in [0.25, 0.3) is 0 Å². The molecule has 0 atom stereocenters. The molecule has 0 amide bonds. The molecule has 1 N–H and O–H groups in total. The fourth-order valence-electron chi connectivity index (χ4n) is 1.46. The molecule has 0 aliphatic heterocycles. The normalized spacial score (nSPS) is 11.9. The smallest absolute Gasteiger partial charge is 0.299 e. The summed E-state index contributed by atoms with van der Waals surface area (Å²) in [6.07, 6.45) is 0. The van der Waals surface area contributed by atoms with Gasteiger partial charge in [0.15, 0.2) is 0 Å². The van der Waals surface area contributed by atoms with Crippen LogP contribution in [0.2, 0.25) is 0 Å². The van der Waals surface area contributed by atoms with Gasteiger partial charge >= 0.3 is 0 Å². The van der Waals surface area contributed by atoms with Crippen molar-refractivity contribution in [3.05, 3.63) is 29.3 Å². The Morgan fingerprint density at radius 2 is 2.00 bits per heavy atom. The van der Waals surface area contributed by atoms with Crippen LogP contribution in [0, 0.1) is 0 Å². The van der Waals surface area contributed by atoms with Gasteiger partial charge < -0.3 is 9.84 Å². The van der Waals surface area contributed by atoms with Gasteiger partial charge in [-0.1, -0.05) is 19.9 Å². The van der Waals surface area contributed by atoms with Gasteiger partial charge in [0.05, 0.1) is 12.7 Å². The van der Waals surface area contributed by atoms with Gasteiger partial charge in [-0.15, -0.1) is 0 Å². The number of halogens is 2. The van der Waals surface area contributed by atoms with E-state index in [9.17, 15) is 8.78 Å². The maximum Gasteiger partial charge on any atom is 0.299 e. The minimum atomic E-state index is -3.27. The molecule has 2 nitrogen and oxygen atoms in total. The van der Waals surface area contributed by atoms with Crippen molar-refractivity contribution in [2.75, 3.05) is 13.7 Å². The third kappa shape index (κ3) is 2.50. The van der Waals surface area contributed by atoms with E-state index < -0.39 is 12.5 Å². The van der Waals surface area contributed by atoms with Crippen LogP contribution in [-0.4, -0.2) is 18.8 Å². The van der Waals surface area contributed by atoms with Gasteiger partial charge in [0, 0.05) is 0 Å². The number of benzene rings is 1. The second-order valence-corrected chi connectivity index (χ2v) is 3.98. The SMILES string of the molecule is COc1ccc(C(C)C)cc1C(F)(F)CO. The maximum atomic E-state index is 13.4. The zero-order chi connectivity index (χ0) is 12.3. The van der Waals surface area contributed by atoms with Crippen LogP contribution in [0.4, 0.5) is 8.78 Å². The zero-order valence-corrected chi connectivity index (χ0v) is 9.63. The summed E-state index contributed by atoms with van der Waals surface area (Å²) in [5.74, 6) is -3.02. The molecule has 1 aromatic rings. The first-order chi connectivity index (χ1) is 7.42. The van der Waals surface area contributed by atoms with Gasteiger partial charge in [-0.3, -0.25) is 0 Å². The minimum Gasteiger partial charge on any atom is -0.496 e. The molecular weight excluding hydrogens is 214 g/mol. The Hall–Kier alpha value is -1.16. The van der Waals surface area contributed by atoms with E-state index in [0.717, 1.165) is 5.56 Å². The molecule has 0 aliphatic carbocycles. The summed E-state index contributed by atoms with van der Waals surface area (Å²) in [6.45, 7) is 2.62. The van der Waals surface area contributed by atoms with Crippen LogP contribution in [0.3, 0.4) is 0 Å². The van der Waals surface area contributed by atoms with Crippen molar-refractivity contribution in [2.24, 2.45) is 0 Å². The van der Waals surface area contributed by atoms with E-state index >= 15 is 0 Å². The van der Waals surface area contributed by atoms with Crippen molar-refractivity contribution < 1.29 is 18.6 Å². The molecule has 0 aromatic heterocycles. The van der Waals surface area contributed by atoms with Crippen molar-refractivity contribution in [3.8, 4) is 5.75 Å². The van der Waals surface area contributed by atoms with Gasteiger partial charge in [-0.05, 0) is 23.6 Å². The van der Waals surface area contributed by atoms with Crippen LogP contribution in [0.1, 0.15) is 30.9 Å². The lowest BCUT2D eigenvalue weighted by atomic mass is 9.97. The predicted octanol–water partition coefficient (Wildman–Crippen LogP) is 2.90. The summed E-state index contributed by atoms with van der Waals surface area (Å²) in [6, 6.07) is 4.65. The number of alkyl halides is 2. The molecule has 0 saturated carbocycles. The molecule has 0 bridgehead atoms. The van der Waals surface area contributed by atoms with E-state index in [1.54, 1.807) is 6.07 Å². The molecular formula is C12H16F2O2. The molecule has 4 heteroatoms. The standard InChI is InChI=1S/C12H16F2O2/c1-8(2)9-4-5-11(16-3)10(6-9)12(13,14)7-15/h4-6,8,15H,7H2,1-3H3. The van der Waals surface area contributed by atoms with Gasteiger partial charge in [0.2, 0.25) is 0 Å². The largest absolute Gasteiger partial charge is 0.496 e. The molecule has 1 rings (SSSR count). The Balaban J connectivity index is 3.27. The van der Waals surface area contributed by atoms with Crippen molar-refractivity contribution >= 4 is 0 Å². The molecule has 0 radical (unpaired) electrons. The van der Waals surface area contributed by atoms with Crippen molar-refractivity contribution in [3.63, 3.8) is 0 Å². The highest BCUT2D eigenvalue weighted by Gasteiger charge is 2.34. The number of ether oxygens (including phenoxy) is 1. The molecule has 0 unspecified atom stereocenters. The first-order valence-corrected chi connectivity index (χ1v) is 5.09. The molecule has 16 heavy (non-hydrogen) atoms. The molecule has 90 valence electrons. The second kappa shape index (κ2) is 4.78.